The van der Waals surface area contributed by atoms with Crippen LogP contribution in [0.1, 0.15) is 31.9 Å². The Hall–Kier alpha value is -1.83. The first kappa shape index (κ1) is 11.3. The van der Waals surface area contributed by atoms with E-state index < -0.39 is 0 Å². The van der Waals surface area contributed by atoms with Gasteiger partial charge in [0.25, 0.3) is 0 Å². The van der Waals surface area contributed by atoms with Crippen molar-refractivity contribution in [2.24, 2.45) is 5.41 Å². The summed E-state index contributed by atoms with van der Waals surface area (Å²) in [5.74, 6) is -0.0966. The van der Waals surface area contributed by atoms with Gasteiger partial charge in [-0.2, -0.15) is 0 Å². The molecule has 1 saturated heterocycles. The average molecular weight is 240 g/mol. The maximum atomic E-state index is 11.7. The molecule has 0 bridgehead atoms. The molecule has 2 aromatic carbocycles. The Morgan fingerprint density at radius 3 is 2.50 bits per heavy atom. The molecule has 92 valence electrons. The van der Waals surface area contributed by atoms with E-state index in [0.717, 1.165) is 12.0 Å². The molecule has 0 amide bonds. The summed E-state index contributed by atoms with van der Waals surface area (Å²) in [4.78, 5) is 11.7. The standard InChI is InChI=1S/C16H16O2/c1-16(2)10-14(18-15(16)17)13-8-7-11-5-3-4-6-12(11)9-13/h3-9,14H,10H2,1-2H3/t14-/m0/s1. The van der Waals surface area contributed by atoms with Crippen LogP contribution in [0.25, 0.3) is 10.8 Å². The van der Waals surface area contributed by atoms with Crippen LogP contribution in [0.5, 0.6) is 0 Å². The van der Waals surface area contributed by atoms with E-state index in [9.17, 15) is 4.79 Å². The summed E-state index contributed by atoms with van der Waals surface area (Å²) in [5.41, 5.74) is 0.726. The Balaban J connectivity index is 1.98. The van der Waals surface area contributed by atoms with Crippen LogP contribution in [0.3, 0.4) is 0 Å². The fourth-order valence-corrected chi connectivity index (χ4v) is 2.47. The van der Waals surface area contributed by atoms with Gasteiger partial charge in [-0.25, -0.2) is 0 Å². The highest BCUT2D eigenvalue weighted by Gasteiger charge is 2.41. The summed E-state index contributed by atoms with van der Waals surface area (Å²) in [5, 5.41) is 2.40. The Morgan fingerprint density at radius 2 is 1.83 bits per heavy atom. The fraction of sp³-hybridized carbons (Fsp3) is 0.312. The number of hydrogen-bond donors (Lipinski definition) is 0. The SMILES string of the molecule is CC1(C)C[C@@H](c2ccc3ccccc3c2)OC1=O. The Morgan fingerprint density at radius 1 is 1.11 bits per heavy atom. The Kier molecular flexibility index (Phi) is 2.40. The quantitative estimate of drug-likeness (QED) is 0.708. The topological polar surface area (TPSA) is 26.3 Å². The van der Waals surface area contributed by atoms with Crippen molar-refractivity contribution in [3.63, 3.8) is 0 Å². The number of esters is 1. The molecule has 0 radical (unpaired) electrons. The predicted molar refractivity (Wildman–Crippen MR) is 71.2 cm³/mol. The van der Waals surface area contributed by atoms with Crippen molar-refractivity contribution in [2.45, 2.75) is 26.4 Å². The maximum absolute atomic E-state index is 11.7. The molecule has 1 aliphatic rings. The molecule has 2 heteroatoms. The molecule has 2 aromatic rings. The highest BCUT2D eigenvalue weighted by Crippen LogP contribution is 2.41. The van der Waals surface area contributed by atoms with E-state index in [1.165, 1.54) is 10.8 Å². The van der Waals surface area contributed by atoms with Crippen LogP contribution in [0.15, 0.2) is 42.5 Å². The number of hydrogen-bond acceptors (Lipinski definition) is 2. The van der Waals surface area contributed by atoms with Gasteiger partial charge in [0.05, 0.1) is 5.41 Å². The number of fused-ring (bicyclic) bond motifs is 1. The monoisotopic (exact) mass is 240 g/mol. The number of carbonyl (C=O) groups is 1. The molecule has 0 aromatic heterocycles. The number of rotatable bonds is 1. The third-order valence-electron chi connectivity index (χ3n) is 3.64. The lowest BCUT2D eigenvalue weighted by Gasteiger charge is -2.11. The van der Waals surface area contributed by atoms with Crippen molar-refractivity contribution in [1.82, 2.24) is 0 Å². The molecule has 0 saturated carbocycles. The van der Waals surface area contributed by atoms with Crippen LogP contribution in [0.4, 0.5) is 0 Å². The largest absolute Gasteiger partial charge is 0.457 e. The molecule has 0 N–H and O–H groups in total. The number of ether oxygens (including phenoxy) is 1. The highest BCUT2D eigenvalue weighted by molar-refractivity contribution is 5.83. The van der Waals surface area contributed by atoms with E-state index in [2.05, 4.69) is 30.3 Å². The van der Waals surface area contributed by atoms with Crippen molar-refractivity contribution in [3.8, 4) is 0 Å². The Bertz CT molecular complexity index is 613. The molecule has 0 spiro atoms. The Labute approximate surface area is 107 Å². The molecule has 18 heavy (non-hydrogen) atoms. The maximum Gasteiger partial charge on any atom is 0.312 e. The van der Waals surface area contributed by atoms with Crippen LogP contribution >= 0.6 is 0 Å². The molecule has 0 unspecified atom stereocenters. The average Bonchev–Trinajstić information content (AvgIpc) is 2.63. The molecule has 1 heterocycles. The minimum Gasteiger partial charge on any atom is -0.457 e. The van der Waals surface area contributed by atoms with Gasteiger partial charge in [0.15, 0.2) is 0 Å². The smallest absolute Gasteiger partial charge is 0.312 e. The zero-order valence-corrected chi connectivity index (χ0v) is 10.6. The van der Waals surface area contributed by atoms with E-state index in [-0.39, 0.29) is 17.5 Å². The normalized spacial score (nSPS) is 22.1. The lowest BCUT2D eigenvalue weighted by molar-refractivity contribution is -0.147. The molecule has 1 atom stereocenters. The van der Waals surface area contributed by atoms with E-state index in [0.29, 0.717) is 0 Å². The van der Waals surface area contributed by atoms with Crippen molar-refractivity contribution < 1.29 is 9.53 Å². The molecule has 2 nitrogen and oxygen atoms in total. The van der Waals surface area contributed by atoms with Gasteiger partial charge in [-0.15, -0.1) is 0 Å². The summed E-state index contributed by atoms with van der Waals surface area (Å²) in [6, 6.07) is 14.5. The van der Waals surface area contributed by atoms with Crippen molar-refractivity contribution in [2.75, 3.05) is 0 Å². The van der Waals surface area contributed by atoms with Crippen LogP contribution in [0.2, 0.25) is 0 Å². The van der Waals surface area contributed by atoms with Crippen LogP contribution in [-0.4, -0.2) is 5.97 Å². The first-order chi connectivity index (χ1) is 8.56. The summed E-state index contributed by atoms with van der Waals surface area (Å²) >= 11 is 0. The van der Waals surface area contributed by atoms with Gasteiger partial charge in [-0.05, 0) is 36.2 Å². The van der Waals surface area contributed by atoms with Gasteiger partial charge in [-0.3, -0.25) is 4.79 Å². The molecule has 1 aliphatic heterocycles. The highest BCUT2D eigenvalue weighted by atomic mass is 16.6. The van der Waals surface area contributed by atoms with Crippen LogP contribution in [0, 0.1) is 5.41 Å². The van der Waals surface area contributed by atoms with E-state index in [1.54, 1.807) is 0 Å². The van der Waals surface area contributed by atoms with Crippen LogP contribution < -0.4 is 0 Å². The van der Waals surface area contributed by atoms with E-state index in [1.807, 2.05) is 26.0 Å². The zero-order chi connectivity index (χ0) is 12.8. The minimum absolute atomic E-state index is 0.0966. The first-order valence-corrected chi connectivity index (χ1v) is 6.26. The van der Waals surface area contributed by atoms with Crippen LogP contribution in [-0.2, 0) is 9.53 Å². The molecular formula is C16H16O2. The van der Waals surface area contributed by atoms with Crippen molar-refractivity contribution in [1.29, 1.82) is 0 Å². The van der Waals surface area contributed by atoms with Crippen molar-refractivity contribution >= 4 is 16.7 Å². The second-order valence-corrected chi connectivity index (χ2v) is 5.59. The number of benzene rings is 2. The van der Waals surface area contributed by atoms with Gasteiger partial charge in [0, 0.05) is 6.42 Å². The van der Waals surface area contributed by atoms with Gasteiger partial charge in [-0.1, -0.05) is 36.4 Å². The summed E-state index contributed by atoms with van der Waals surface area (Å²) < 4.78 is 5.47. The molecule has 0 aliphatic carbocycles. The predicted octanol–water partition coefficient (Wildman–Crippen LogP) is 3.85. The fourth-order valence-electron chi connectivity index (χ4n) is 2.47. The summed E-state index contributed by atoms with van der Waals surface area (Å²) in [7, 11) is 0. The van der Waals surface area contributed by atoms with Gasteiger partial charge >= 0.3 is 5.97 Å². The summed E-state index contributed by atoms with van der Waals surface area (Å²) in [6.07, 6.45) is 0.654. The third-order valence-corrected chi connectivity index (χ3v) is 3.64. The lowest BCUT2D eigenvalue weighted by atomic mass is 9.88. The van der Waals surface area contributed by atoms with E-state index in [4.69, 9.17) is 4.74 Å². The second kappa shape index (κ2) is 3.84. The first-order valence-electron chi connectivity index (χ1n) is 6.26. The molecular weight excluding hydrogens is 224 g/mol. The van der Waals surface area contributed by atoms with Gasteiger partial charge in [0.2, 0.25) is 0 Å². The second-order valence-electron chi connectivity index (χ2n) is 5.59. The molecule has 3 rings (SSSR count). The van der Waals surface area contributed by atoms with Crippen molar-refractivity contribution in [3.05, 3.63) is 48.0 Å². The summed E-state index contributed by atoms with van der Waals surface area (Å²) in [6.45, 7) is 3.88. The van der Waals surface area contributed by atoms with Gasteiger partial charge < -0.3 is 4.74 Å². The number of carbonyl (C=O) groups excluding carboxylic acids is 1. The van der Waals surface area contributed by atoms with Gasteiger partial charge in [0.1, 0.15) is 6.10 Å². The zero-order valence-electron chi connectivity index (χ0n) is 10.6. The minimum atomic E-state index is -0.365. The lowest BCUT2D eigenvalue weighted by Crippen LogP contribution is -2.16. The molecule has 1 fully saturated rings. The number of cyclic esters (lactones) is 1. The third kappa shape index (κ3) is 1.78. The van der Waals surface area contributed by atoms with E-state index >= 15 is 0 Å².